The van der Waals surface area contributed by atoms with Crippen molar-refractivity contribution >= 4 is 21.8 Å². The van der Waals surface area contributed by atoms with Gasteiger partial charge in [-0.25, -0.2) is 0 Å². The van der Waals surface area contributed by atoms with Crippen LogP contribution in [0.25, 0.3) is 0 Å². The standard InChI is InChI=1S/C18H23BrN2O2/c1-13(15-7-5-4-6-8-15)11-20-18(22)14(2)21(3)12-16-9-10-17(19)23-16/h4-10,13-14H,11-12H2,1-3H3,(H,20,22). The molecule has 1 heterocycles. The number of nitrogens with zero attached hydrogens (tertiary/aromatic N) is 1. The smallest absolute Gasteiger partial charge is 0.237 e. The average Bonchev–Trinajstić information content (AvgIpc) is 2.97. The maximum Gasteiger partial charge on any atom is 0.237 e. The summed E-state index contributed by atoms with van der Waals surface area (Å²) in [6, 6.07) is 13.7. The SMILES string of the molecule is CC(CNC(=O)C(C)N(C)Cc1ccc(Br)o1)c1ccccc1. The van der Waals surface area contributed by atoms with Crippen molar-refractivity contribution < 1.29 is 9.21 Å². The summed E-state index contributed by atoms with van der Waals surface area (Å²) < 4.78 is 6.19. The second-order valence-corrected chi connectivity index (χ2v) is 6.64. The number of amides is 1. The molecule has 1 amide bonds. The number of carbonyl (C=O) groups excluding carboxylic acids is 1. The van der Waals surface area contributed by atoms with E-state index in [1.165, 1.54) is 5.56 Å². The zero-order valence-electron chi connectivity index (χ0n) is 13.8. The van der Waals surface area contributed by atoms with Crippen LogP contribution in [0, 0.1) is 0 Å². The van der Waals surface area contributed by atoms with E-state index >= 15 is 0 Å². The van der Waals surface area contributed by atoms with Gasteiger partial charge in [0.25, 0.3) is 0 Å². The highest BCUT2D eigenvalue weighted by molar-refractivity contribution is 9.10. The minimum atomic E-state index is -0.221. The summed E-state index contributed by atoms with van der Waals surface area (Å²) in [7, 11) is 1.92. The van der Waals surface area contributed by atoms with E-state index in [9.17, 15) is 4.79 Å². The molecule has 2 aromatic rings. The highest BCUT2D eigenvalue weighted by Gasteiger charge is 2.19. The first-order chi connectivity index (χ1) is 11.0. The van der Waals surface area contributed by atoms with E-state index in [2.05, 4.69) is 40.3 Å². The molecule has 0 saturated carbocycles. The quantitative estimate of drug-likeness (QED) is 0.797. The molecule has 4 nitrogen and oxygen atoms in total. The largest absolute Gasteiger partial charge is 0.453 e. The molecular weight excluding hydrogens is 356 g/mol. The Kier molecular flexibility index (Phi) is 6.42. The molecule has 1 aromatic heterocycles. The van der Waals surface area contributed by atoms with Gasteiger partial charge in [0.1, 0.15) is 5.76 Å². The normalized spacial score (nSPS) is 13.8. The molecule has 2 rings (SSSR count). The first-order valence-corrected chi connectivity index (χ1v) is 8.53. The van der Waals surface area contributed by atoms with Crippen molar-refractivity contribution in [1.82, 2.24) is 10.2 Å². The Labute approximate surface area is 146 Å². The number of carbonyl (C=O) groups is 1. The molecule has 0 saturated heterocycles. The lowest BCUT2D eigenvalue weighted by Gasteiger charge is -2.23. The fourth-order valence-corrected chi connectivity index (χ4v) is 2.66. The van der Waals surface area contributed by atoms with Crippen LogP contribution in [-0.2, 0) is 11.3 Å². The third-order valence-corrected chi connectivity index (χ3v) is 4.45. The number of halogens is 1. The molecule has 1 N–H and O–H groups in total. The van der Waals surface area contributed by atoms with Gasteiger partial charge in [0, 0.05) is 6.54 Å². The highest BCUT2D eigenvalue weighted by atomic mass is 79.9. The van der Waals surface area contributed by atoms with E-state index < -0.39 is 0 Å². The fraction of sp³-hybridized carbons (Fsp3) is 0.389. The average molecular weight is 379 g/mol. The Morgan fingerprint density at radius 3 is 2.52 bits per heavy atom. The van der Waals surface area contributed by atoms with E-state index in [-0.39, 0.29) is 11.9 Å². The Hall–Kier alpha value is -1.59. The lowest BCUT2D eigenvalue weighted by Crippen LogP contribution is -2.43. The van der Waals surface area contributed by atoms with Crippen LogP contribution in [0.5, 0.6) is 0 Å². The van der Waals surface area contributed by atoms with Crippen molar-refractivity contribution in [3.05, 3.63) is 58.5 Å². The number of likely N-dealkylation sites (N-methyl/N-ethyl adjacent to an activating group) is 1. The van der Waals surface area contributed by atoms with Gasteiger partial charge >= 0.3 is 0 Å². The van der Waals surface area contributed by atoms with Crippen molar-refractivity contribution in [2.45, 2.75) is 32.4 Å². The number of hydrogen-bond acceptors (Lipinski definition) is 3. The Morgan fingerprint density at radius 1 is 1.22 bits per heavy atom. The lowest BCUT2D eigenvalue weighted by molar-refractivity contribution is -0.125. The van der Waals surface area contributed by atoms with Crippen molar-refractivity contribution in [3.63, 3.8) is 0 Å². The molecule has 5 heteroatoms. The first-order valence-electron chi connectivity index (χ1n) is 7.74. The van der Waals surface area contributed by atoms with Gasteiger partial charge in [-0.1, -0.05) is 37.3 Å². The maximum atomic E-state index is 12.3. The van der Waals surface area contributed by atoms with Crippen LogP contribution in [0.2, 0.25) is 0 Å². The highest BCUT2D eigenvalue weighted by Crippen LogP contribution is 2.16. The van der Waals surface area contributed by atoms with E-state index in [1.807, 2.05) is 49.2 Å². The van der Waals surface area contributed by atoms with Gasteiger partial charge in [-0.15, -0.1) is 0 Å². The minimum absolute atomic E-state index is 0.0286. The summed E-state index contributed by atoms with van der Waals surface area (Å²) in [4.78, 5) is 14.3. The van der Waals surface area contributed by atoms with Gasteiger partial charge in [0.05, 0.1) is 12.6 Å². The molecule has 0 fully saturated rings. The number of hydrogen-bond donors (Lipinski definition) is 1. The summed E-state index contributed by atoms with van der Waals surface area (Å²) in [5.74, 6) is 1.15. The predicted molar refractivity (Wildman–Crippen MR) is 95.2 cm³/mol. The Bertz CT molecular complexity index is 627. The molecule has 0 aliphatic rings. The molecule has 2 unspecified atom stereocenters. The van der Waals surface area contributed by atoms with Crippen LogP contribution in [0.15, 0.2) is 51.6 Å². The fourth-order valence-electron chi connectivity index (χ4n) is 2.32. The summed E-state index contributed by atoms with van der Waals surface area (Å²) in [5, 5.41) is 3.03. The summed E-state index contributed by atoms with van der Waals surface area (Å²) in [6.45, 7) is 5.24. The van der Waals surface area contributed by atoms with Gasteiger partial charge in [-0.2, -0.15) is 0 Å². The van der Waals surface area contributed by atoms with Gasteiger partial charge in [0.15, 0.2) is 4.67 Å². The number of nitrogens with one attached hydrogen (secondary N) is 1. The van der Waals surface area contributed by atoms with Gasteiger partial charge in [-0.3, -0.25) is 9.69 Å². The number of benzene rings is 1. The van der Waals surface area contributed by atoms with Crippen LogP contribution in [0.4, 0.5) is 0 Å². The molecular formula is C18H23BrN2O2. The molecule has 124 valence electrons. The molecule has 1 aromatic carbocycles. The summed E-state index contributed by atoms with van der Waals surface area (Å²) >= 11 is 3.29. The first kappa shape index (κ1) is 17.8. The van der Waals surface area contributed by atoms with Gasteiger partial charge in [0.2, 0.25) is 5.91 Å². The Balaban J connectivity index is 1.82. The third kappa shape index (κ3) is 5.22. The second kappa shape index (κ2) is 8.31. The van der Waals surface area contributed by atoms with Crippen LogP contribution < -0.4 is 5.32 Å². The van der Waals surface area contributed by atoms with E-state index in [0.29, 0.717) is 23.7 Å². The van der Waals surface area contributed by atoms with Gasteiger partial charge in [-0.05, 0) is 53.5 Å². The Morgan fingerprint density at radius 2 is 1.91 bits per heavy atom. The zero-order valence-corrected chi connectivity index (χ0v) is 15.3. The minimum Gasteiger partial charge on any atom is -0.453 e. The topological polar surface area (TPSA) is 45.5 Å². The van der Waals surface area contributed by atoms with Crippen molar-refractivity contribution in [3.8, 4) is 0 Å². The van der Waals surface area contributed by atoms with Crippen LogP contribution >= 0.6 is 15.9 Å². The van der Waals surface area contributed by atoms with Crippen molar-refractivity contribution in [1.29, 1.82) is 0 Å². The van der Waals surface area contributed by atoms with Crippen LogP contribution in [0.1, 0.15) is 31.1 Å². The molecule has 0 spiro atoms. The molecule has 0 bridgehead atoms. The summed E-state index contributed by atoms with van der Waals surface area (Å²) in [5.41, 5.74) is 1.23. The van der Waals surface area contributed by atoms with E-state index in [0.717, 1.165) is 5.76 Å². The monoisotopic (exact) mass is 378 g/mol. The summed E-state index contributed by atoms with van der Waals surface area (Å²) in [6.07, 6.45) is 0. The predicted octanol–water partition coefficient (Wildman–Crippen LogP) is 3.78. The number of rotatable bonds is 7. The zero-order chi connectivity index (χ0) is 16.8. The molecule has 2 atom stereocenters. The van der Waals surface area contributed by atoms with Gasteiger partial charge < -0.3 is 9.73 Å². The van der Waals surface area contributed by atoms with Crippen LogP contribution in [-0.4, -0.2) is 30.4 Å². The van der Waals surface area contributed by atoms with Crippen molar-refractivity contribution in [2.24, 2.45) is 0 Å². The molecule has 0 aliphatic carbocycles. The van der Waals surface area contributed by atoms with E-state index in [4.69, 9.17) is 4.42 Å². The van der Waals surface area contributed by atoms with E-state index in [1.54, 1.807) is 0 Å². The van der Waals surface area contributed by atoms with Crippen LogP contribution in [0.3, 0.4) is 0 Å². The third-order valence-electron chi connectivity index (χ3n) is 4.03. The second-order valence-electron chi connectivity index (χ2n) is 5.85. The molecule has 0 radical (unpaired) electrons. The number of furan rings is 1. The maximum absolute atomic E-state index is 12.3. The molecule has 23 heavy (non-hydrogen) atoms. The molecule has 0 aliphatic heterocycles. The lowest BCUT2D eigenvalue weighted by atomic mass is 10.0. The van der Waals surface area contributed by atoms with Crippen molar-refractivity contribution in [2.75, 3.05) is 13.6 Å².